The Balaban J connectivity index is 2.75. The van der Waals surface area contributed by atoms with Crippen LogP contribution in [0.2, 0.25) is 0 Å². The molecule has 2 N–H and O–H groups in total. The van der Waals surface area contributed by atoms with Crippen LogP contribution in [0.5, 0.6) is 0 Å². The highest BCUT2D eigenvalue weighted by molar-refractivity contribution is 5.77. The van der Waals surface area contributed by atoms with Crippen molar-refractivity contribution < 1.29 is 0 Å². The van der Waals surface area contributed by atoms with E-state index in [2.05, 4.69) is 10.3 Å². The third-order valence-corrected chi connectivity index (χ3v) is 1.84. The van der Waals surface area contributed by atoms with Crippen LogP contribution in [0, 0.1) is 0 Å². The minimum absolute atomic E-state index is 0.750. The molecule has 4 heteroatoms. The van der Waals surface area contributed by atoms with E-state index in [4.69, 9.17) is 5.73 Å². The summed E-state index contributed by atoms with van der Waals surface area (Å²) in [5, 5.41) is 7.95. The first-order chi connectivity index (χ1) is 5.81. The summed E-state index contributed by atoms with van der Waals surface area (Å²) in [6.07, 6.45) is 0. The van der Waals surface area contributed by atoms with Crippen LogP contribution in [0.4, 0.5) is 5.69 Å². The molecule has 1 heterocycles. The van der Waals surface area contributed by atoms with E-state index >= 15 is 0 Å². The van der Waals surface area contributed by atoms with E-state index in [0.29, 0.717) is 0 Å². The minimum atomic E-state index is 0.750. The normalized spacial score (nSPS) is 10.8. The van der Waals surface area contributed by atoms with Crippen molar-refractivity contribution in [2.75, 3.05) is 5.73 Å². The summed E-state index contributed by atoms with van der Waals surface area (Å²) in [5.41, 5.74) is 8.28. The molecule has 2 rings (SSSR count). The van der Waals surface area contributed by atoms with E-state index in [-0.39, 0.29) is 0 Å². The molecule has 62 valence electrons. The van der Waals surface area contributed by atoms with Crippen molar-refractivity contribution in [1.82, 2.24) is 15.0 Å². The third kappa shape index (κ3) is 0.922. The number of rotatable bonds is 1. The topological polar surface area (TPSA) is 56.7 Å². The highest BCUT2D eigenvalue weighted by Crippen LogP contribution is 2.14. The first-order valence-electron chi connectivity index (χ1n) is 3.90. The molecule has 0 fully saturated rings. The summed E-state index contributed by atoms with van der Waals surface area (Å²) in [6.45, 7) is 2.84. The predicted molar refractivity (Wildman–Crippen MR) is 47.6 cm³/mol. The first kappa shape index (κ1) is 7.09. The van der Waals surface area contributed by atoms with Crippen molar-refractivity contribution in [2.45, 2.75) is 13.5 Å². The number of anilines is 1. The molecule has 0 spiro atoms. The minimum Gasteiger partial charge on any atom is -0.399 e. The third-order valence-electron chi connectivity index (χ3n) is 1.84. The second-order valence-corrected chi connectivity index (χ2v) is 2.65. The van der Waals surface area contributed by atoms with Crippen LogP contribution in [0.3, 0.4) is 0 Å². The lowest BCUT2D eigenvalue weighted by Crippen LogP contribution is -1.96. The van der Waals surface area contributed by atoms with E-state index in [0.717, 1.165) is 23.3 Å². The van der Waals surface area contributed by atoms with Crippen LogP contribution >= 0.6 is 0 Å². The van der Waals surface area contributed by atoms with Gasteiger partial charge < -0.3 is 5.73 Å². The molecule has 0 atom stereocenters. The van der Waals surface area contributed by atoms with E-state index < -0.39 is 0 Å². The highest BCUT2D eigenvalue weighted by Gasteiger charge is 2.01. The van der Waals surface area contributed by atoms with E-state index in [9.17, 15) is 0 Å². The Morgan fingerprint density at radius 1 is 1.50 bits per heavy atom. The summed E-state index contributed by atoms with van der Waals surface area (Å²) in [5.74, 6) is 0. The van der Waals surface area contributed by atoms with Crippen LogP contribution in [-0.4, -0.2) is 15.0 Å². The Kier molecular flexibility index (Phi) is 1.46. The van der Waals surface area contributed by atoms with Crippen LogP contribution in [0.25, 0.3) is 11.0 Å². The Hall–Kier alpha value is -1.58. The maximum absolute atomic E-state index is 5.64. The number of hydrogen-bond acceptors (Lipinski definition) is 3. The van der Waals surface area contributed by atoms with Gasteiger partial charge in [-0.05, 0) is 25.1 Å². The molecule has 0 unspecified atom stereocenters. The average molecular weight is 162 g/mol. The SMILES string of the molecule is CCn1nnc2ccc(N)cc21. The monoisotopic (exact) mass is 162 g/mol. The lowest BCUT2D eigenvalue weighted by atomic mass is 10.3. The zero-order valence-corrected chi connectivity index (χ0v) is 6.86. The number of aryl methyl sites for hydroxylation is 1. The van der Waals surface area contributed by atoms with Gasteiger partial charge in [-0.3, -0.25) is 0 Å². The second-order valence-electron chi connectivity index (χ2n) is 2.65. The van der Waals surface area contributed by atoms with Gasteiger partial charge in [0.2, 0.25) is 0 Å². The van der Waals surface area contributed by atoms with Crippen LogP contribution in [0.1, 0.15) is 6.92 Å². The van der Waals surface area contributed by atoms with Crippen molar-refractivity contribution in [3.05, 3.63) is 18.2 Å². The number of nitrogens with zero attached hydrogens (tertiary/aromatic N) is 3. The number of nitrogens with two attached hydrogens (primary N) is 1. The molecular formula is C8H10N4. The van der Waals surface area contributed by atoms with Crippen molar-refractivity contribution in [1.29, 1.82) is 0 Å². The van der Waals surface area contributed by atoms with Gasteiger partial charge >= 0.3 is 0 Å². The van der Waals surface area contributed by atoms with Gasteiger partial charge in [0.15, 0.2) is 0 Å². The lowest BCUT2D eigenvalue weighted by molar-refractivity contribution is 0.646. The largest absolute Gasteiger partial charge is 0.399 e. The number of fused-ring (bicyclic) bond motifs is 1. The zero-order valence-electron chi connectivity index (χ0n) is 6.86. The van der Waals surface area contributed by atoms with Gasteiger partial charge in [-0.1, -0.05) is 5.21 Å². The molecule has 0 saturated heterocycles. The zero-order chi connectivity index (χ0) is 8.55. The molecule has 0 aliphatic carbocycles. The predicted octanol–water partition coefficient (Wildman–Crippen LogP) is 1.03. The summed E-state index contributed by atoms with van der Waals surface area (Å²) >= 11 is 0. The van der Waals surface area contributed by atoms with Gasteiger partial charge in [0.1, 0.15) is 5.52 Å². The number of nitrogen functional groups attached to an aromatic ring is 1. The summed E-state index contributed by atoms with van der Waals surface area (Å²) in [4.78, 5) is 0. The summed E-state index contributed by atoms with van der Waals surface area (Å²) in [7, 11) is 0. The van der Waals surface area contributed by atoms with Gasteiger partial charge in [0.25, 0.3) is 0 Å². The molecule has 1 aromatic heterocycles. The molecular weight excluding hydrogens is 152 g/mol. The summed E-state index contributed by atoms with van der Waals surface area (Å²) in [6, 6.07) is 5.60. The Morgan fingerprint density at radius 2 is 2.33 bits per heavy atom. The van der Waals surface area contributed by atoms with E-state index in [1.54, 1.807) is 0 Å². The van der Waals surface area contributed by atoms with Crippen molar-refractivity contribution in [2.24, 2.45) is 0 Å². The fourth-order valence-corrected chi connectivity index (χ4v) is 1.22. The maximum atomic E-state index is 5.64. The molecule has 2 aromatic rings. The molecule has 0 bridgehead atoms. The van der Waals surface area contributed by atoms with Crippen molar-refractivity contribution in [3.63, 3.8) is 0 Å². The number of benzene rings is 1. The standard InChI is InChI=1S/C8H10N4/c1-2-12-8-5-6(9)3-4-7(8)10-11-12/h3-5H,2,9H2,1H3. The van der Waals surface area contributed by atoms with Gasteiger partial charge in [-0.2, -0.15) is 0 Å². The lowest BCUT2D eigenvalue weighted by Gasteiger charge is -1.96. The number of hydrogen-bond donors (Lipinski definition) is 1. The fourth-order valence-electron chi connectivity index (χ4n) is 1.22. The Labute approximate surface area is 70.0 Å². The van der Waals surface area contributed by atoms with E-state index in [1.165, 1.54) is 0 Å². The second kappa shape index (κ2) is 2.48. The highest BCUT2D eigenvalue weighted by atomic mass is 15.4. The van der Waals surface area contributed by atoms with Crippen molar-refractivity contribution in [3.8, 4) is 0 Å². The smallest absolute Gasteiger partial charge is 0.113 e. The molecule has 0 amide bonds. The van der Waals surface area contributed by atoms with Crippen LogP contribution in [0.15, 0.2) is 18.2 Å². The molecule has 4 nitrogen and oxygen atoms in total. The first-order valence-corrected chi connectivity index (χ1v) is 3.90. The molecule has 0 aliphatic heterocycles. The van der Waals surface area contributed by atoms with Gasteiger partial charge in [-0.15, -0.1) is 5.10 Å². The summed E-state index contributed by atoms with van der Waals surface area (Å²) < 4.78 is 1.83. The van der Waals surface area contributed by atoms with Gasteiger partial charge in [0, 0.05) is 12.2 Å². The molecule has 0 saturated carbocycles. The van der Waals surface area contributed by atoms with E-state index in [1.807, 2.05) is 29.8 Å². The van der Waals surface area contributed by atoms with Crippen LogP contribution < -0.4 is 5.73 Å². The van der Waals surface area contributed by atoms with Gasteiger partial charge in [-0.25, -0.2) is 4.68 Å². The van der Waals surface area contributed by atoms with Crippen LogP contribution in [-0.2, 0) is 6.54 Å². The number of aromatic nitrogens is 3. The quantitative estimate of drug-likeness (QED) is 0.637. The maximum Gasteiger partial charge on any atom is 0.113 e. The van der Waals surface area contributed by atoms with Crippen molar-refractivity contribution >= 4 is 16.7 Å². The average Bonchev–Trinajstić information content (AvgIpc) is 2.46. The Morgan fingerprint density at radius 3 is 3.08 bits per heavy atom. The fraction of sp³-hybridized carbons (Fsp3) is 0.250. The molecule has 0 aliphatic rings. The van der Waals surface area contributed by atoms with Gasteiger partial charge in [0.05, 0.1) is 5.52 Å². The molecule has 1 aromatic carbocycles. The Bertz CT molecular complexity index is 404. The molecule has 0 radical (unpaired) electrons. The molecule has 12 heavy (non-hydrogen) atoms.